The zero-order chi connectivity index (χ0) is 49.3. The summed E-state index contributed by atoms with van der Waals surface area (Å²) in [5, 5.41) is 0. The number of hydrogen-bond donors (Lipinski definition) is 0. The SMILES string of the molecule is CCCCCCCCCCCCCCCCCCCCCCCCCCCCCCCCCCCCCCCC(=O)OC1CCC2(C)C(=CCC3C2CCC2(C)C(C(C)CCCC(C)C)CCC32)C1. The van der Waals surface area contributed by atoms with Crippen molar-refractivity contribution in [1.82, 2.24) is 0 Å². The smallest absolute Gasteiger partial charge is 0.306 e. The summed E-state index contributed by atoms with van der Waals surface area (Å²) >= 11 is 0. The molecule has 0 heterocycles. The summed E-state index contributed by atoms with van der Waals surface area (Å²) in [6.07, 6.45) is 71.1. The molecular weight excluding hydrogens is 837 g/mol. The van der Waals surface area contributed by atoms with Crippen molar-refractivity contribution in [3.63, 3.8) is 0 Å². The summed E-state index contributed by atoms with van der Waals surface area (Å²) < 4.78 is 6.19. The van der Waals surface area contributed by atoms with Crippen LogP contribution in [-0.2, 0) is 9.53 Å². The van der Waals surface area contributed by atoms with Crippen molar-refractivity contribution >= 4 is 5.97 Å². The standard InChI is InChI=1S/C67H124O2/c1-7-8-9-10-11-12-13-14-15-16-17-18-19-20-21-22-23-24-25-26-27-28-29-30-31-32-33-34-35-36-37-38-39-40-41-42-43-47-65(68)69-60-52-54-66(5)59(56-60)48-49-61-63-51-50-62(58(4)46-44-45-57(2)3)67(63,6)55-53-64(61)66/h48,57-58,60-64H,7-47,49-56H2,1-6H3. The van der Waals surface area contributed by atoms with Gasteiger partial charge in [-0.1, -0.05) is 304 Å². The minimum Gasteiger partial charge on any atom is -0.462 e. The third-order valence-corrected chi connectivity index (χ3v) is 20.0. The van der Waals surface area contributed by atoms with Crippen molar-refractivity contribution in [3.8, 4) is 0 Å². The van der Waals surface area contributed by atoms with Crippen LogP contribution in [0.15, 0.2) is 11.6 Å². The highest BCUT2D eigenvalue weighted by molar-refractivity contribution is 5.69. The lowest BCUT2D eigenvalue weighted by molar-refractivity contribution is -0.151. The summed E-state index contributed by atoms with van der Waals surface area (Å²) in [7, 11) is 0. The van der Waals surface area contributed by atoms with Gasteiger partial charge < -0.3 is 4.74 Å². The first-order valence-electron chi connectivity index (χ1n) is 32.6. The first-order valence-corrected chi connectivity index (χ1v) is 32.6. The fourth-order valence-corrected chi connectivity index (χ4v) is 15.5. The Hall–Kier alpha value is -0.790. The largest absolute Gasteiger partial charge is 0.462 e. The maximum atomic E-state index is 13.0. The van der Waals surface area contributed by atoms with Crippen molar-refractivity contribution in [1.29, 1.82) is 0 Å². The molecule has 2 nitrogen and oxygen atoms in total. The van der Waals surface area contributed by atoms with Crippen LogP contribution in [0.2, 0.25) is 0 Å². The molecule has 0 radical (unpaired) electrons. The van der Waals surface area contributed by atoms with Crippen LogP contribution in [0.4, 0.5) is 0 Å². The Labute approximate surface area is 433 Å². The van der Waals surface area contributed by atoms with Gasteiger partial charge in [0, 0.05) is 12.8 Å². The second kappa shape index (κ2) is 37.0. The zero-order valence-electron chi connectivity index (χ0n) is 48.1. The lowest BCUT2D eigenvalue weighted by Gasteiger charge is -2.58. The summed E-state index contributed by atoms with van der Waals surface area (Å²) in [6.45, 7) is 15.0. The minimum atomic E-state index is 0.0714. The molecule has 4 aliphatic carbocycles. The average Bonchev–Trinajstić information content (AvgIpc) is 3.70. The molecule has 3 fully saturated rings. The van der Waals surface area contributed by atoms with Crippen LogP contribution in [0.3, 0.4) is 0 Å². The third-order valence-electron chi connectivity index (χ3n) is 20.0. The molecule has 0 aromatic carbocycles. The number of hydrogen-bond acceptors (Lipinski definition) is 2. The molecule has 0 aliphatic heterocycles. The number of fused-ring (bicyclic) bond motifs is 5. The Bertz CT molecular complexity index is 1280. The van der Waals surface area contributed by atoms with Gasteiger partial charge in [0.25, 0.3) is 0 Å². The van der Waals surface area contributed by atoms with E-state index in [0.717, 1.165) is 54.8 Å². The predicted octanol–water partition coefficient (Wildman–Crippen LogP) is 22.8. The van der Waals surface area contributed by atoms with E-state index in [1.807, 2.05) is 0 Å². The number of rotatable bonds is 44. The van der Waals surface area contributed by atoms with Gasteiger partial charge in [-0.3, -0.25) is 4.79 Å². The molecular formula is C67H124O2. The molecule has 0 bridgehead atoms. The number of ether oxygens (including phenoxy) is 1. The van der Waals surface area contributed by atoms with E-state index in [1.54, 1.807) is 5.57 Å². The lowest BCUT2D eigenvalue weighted by atomic mass is 9.47. The second-order valence-electron chi connectivity index (χ2n) is 26.1. The molecule has 0 aromatic rings. The van der Waals surface area contributed by atoms with E-state index in [1.165, 1.54) is 289 Å². The molecule has 4 rings (SSSR count). The summed E-state index contributed by atoms with van der Waals surface area (Å²) in [4.78, 5) is 13.0. The van der Waals surface area contributed by atoms with Crippen molar-refractivity contribution in [2.45, 2.75) is 362 Å². The molecule has 2 heteroatoms. The van der Waals surface area contributed by atoms with Gasteiger partial charge >= 0.3 is 5.97 Å². The van der Waals surface area contributed by atoms with Gasteiger partial charge in [-0.25, -0.2) is 0 Å². The van der Waals surface area contributed by atoms with Crippen LogP contribution in [0.1, 0.15) is 356 Å². The van der Waals surface area contributed by atoms with Crippen molar-refractivity contribution in [2.24, 2.45) is 46.3 Å². The summed E-state index contributed by atoms with van der Waals surface area (Å²) in [5.41, 5.74) is 2.54. The topological polar surface area (TPSA) is 26.3 Å². The van der Waals surface area contributed by atoms with E-state index >= 15 is 0 Å². The van der Waals surface area contributed by atoms with E-state index in [2.05, 4.69) is 47.6 Å². The molecule has 0 N–H and O–H groups in total. The minimum absolute atomic E-state index is 0.0714. The molecule has 0 aromatic heterocycles. The highest BCUT2D eigenvalue weighted by Gasteiger charge is 2.59. The van der Waals surface area contributed by atoms with Crippen LogP contribution < -0.4 is 0 Å². The van der Waals surface area contributed by atoms with E-state index in [9.17, 15) is 4.79 Å². The molecule has 0 spiro atoms. The maximum absolute atomic E-state index is 13.0. The number of carbonyl (C=O) groups is 1. The number of allylic oxidation sites excluding steroid dienone is 1. The Morgan fingerprint density at radius 2 is 0.928 bits per heavy atom. The van der Waals surface area contributed by atoms with Crippen LogP contribution in [0.5, 0.6) is 0 Å². The fraction of sp³-hybridized carbons (Fsp3) is 0.955. The van der Waals surface area contributed by atoms with E-state index in [0.29, 0.717) is 17.3 Å². The van der Waals surface area contributed by atoms with E-state index < -0.39 is 0 Å². The van der Waals surface area contributed by atoms with Gasteiger partial charge in [0.15, 0.2) is 0 Å². The quantitative estimate of drug-likeness (QED) is 0.0346. The summed E-state index contributed by atoms with van der Waals surface area (Å²) in [5.74, 6) is 5.34. The predicted molar refractivity (Wildman–Crippen MR) is 304 cm³/mol. The Kier molecular flexibility index (Phi) is 32.6. The molecule has 0 saturated heterocycles. The van der Waals surface area contributed by atoms with Gasteiger partial charge in [0.1, 0.15) is 6.10 Å². The van der Waals surface area contributed by atoms with Crippen LogP contribution in [0, 0.1) is 46.3 Å². The van der Waals surface area contributed by atoms with Crippen molar-refractivity contribution in [3.05, 3.63) is 11.6 Å². The van der Waals surface area contributed by atoms with Gasteiger partial charge in [0.2, 0.25) is 0 Å². The molecule has 4 aliphatic rings. The Balaban J connectivity index is 0.851. The highest BCUT2D eigenvalue weighted by atomic mass is 16.5. The monoisotopic (exact) mass is 961 g/mol. The van der Waals surface area contributed by atoms with Crippen molar-refractivity contribution in [2.75, 3.05) is 0 Å². The Morgan fingerprint density at radius 3 is 1.35 bits per heavy atom. The van der Waals surface area contributed by atoms with Crippen LogP contribution in [-0.4, -0.2) is 12.1 Å². The second-order valence-corrected chi connectivity index (χ2v) is 26.1. The molecule has 0 amide bonds. The van der Waals surface area contributed by atoms with E-state index in [4.69, 9.17) is 4.74 Å². The van der Waals surface area contributed by atoms with Gasteiger partial charge in [0.05, 0.1) is 0 Å². The van der Waals surface area contributed by atoms with Gasteiger partial charge in [-0.05, 0) is 97.7 Å². The zero-order valence-corrected chi connectivity index (χ0v) is 48.1. The van der Waals surface area contributed by atoms with Crippen molar-refractivity contribution < 1.29 is 9.53 Å². The van der Waals surface area contributed by atoms with Gasteiger partial charge in [-0.15, -0.1) is 0 Å². The molecule has 69 heavy (non-hydrogen) atoms. The number of unbranched alkanes of at least 4 members (excludes halogenated alkanes) is 36. The van der Waals surface area contributed by atoms with Gasteiger partial charge in [-0.2, -0.15) is 0 Å². The van der Waals surface area contributed by atoms with Crippen LogP contribution >= 0.6 is 0 Å². The highest BCUT2D eigenvalue weighted by Crippen LogP contribution is 2.67. The molecule has 3 saturated carbocycles. The normalized spacial score (nSPS) is 25.9. The molecule has 8 unspecified atom stereocenters. The first-order chi connectivity index (χ1) is 33.7. The Morgan fingerprint density at radius 1 is 0.507 bits per heavy atom. The lowest BCUT2D eigenvalue weighted by Crippen LogP contribution is -2.51. The summed E-state index contributed by atoms with van der Waals surface area (Å²) in [6, 6.07) is 0. The third kappa shape index (κ3) is 23.5. The number of carbonyl (C=O) groups excluding carboxylic acids is 1. The number of esters is 1. The van der Waals surface area contributed by atoms with E-state index in [-0.39, 0.29) is 12.1 Å². The maximum Gasteiger partial charge on any atom is 0.306 e. The van der Waals surface area contributed by atoms with Crippen LogP contribution in [0.25, 0.3) is 0 Å². The fourth-order valence-electron chi connectivity index (χ4n) is 15.5. The molecule has 8 atom stereocenters. The first kappa shape index (κ1) is 60.8. The average molecular weight is 962 g/mol. The molecule has 404 valence electrons.